The van der Waals surface area contributed by atoms with Crippen LogP contribution in [-0.4, -0.2) is 85.0 Å². The minimum absolute atomic E-state index is 0.0282. The molecule has 1 N–H and O–H groups in total. The SMILES string of the molecule is CCNC(=O)CN1CN(c2ccccc2)C2(CCN(C(=O)N(C)C)CC2)C1=O. The summed E-state index contributed by atoms with van der Waals surface area (Å²) in [5.74, 6) is -0.180. The Kier molecular flexibility index (Phi) is 5.76. The van der Waals surface area contributed by atoms with E-state index in [1.165, 1.54) is 0 Å². The average Bonchev–Trinajstić information content (AvgIpc) is 2.95. The summed E-state index contributed by atoms with van der Waals surface area (Å²) < 4.78 is 0. The number of likely N-dealkylation sites (N-methyl/N-ethyl adjacent to an activating group) is 1. The molecule has 8 nitrogen and oxygen atoms in total. The number of nitrogens with one attached hydrogen (secondary N) is 1. The molecule has 2 fully saturated rings. The minimum Gasteiger partial charge on any atom is -0.355 e. The Bertz CT molecular complexity index is 729. The molecule has 152 valence electrons. The molecule has 2 aliphatic rings. The fourth-order valence-electron chi connectivity index (χ4n) is 4.10. The highest BCUT2D eigenvalue weighted by atomic mass is 16.2. The first-order valence-electron chi connectivity index (χ1n) is 9.74. The van der Waals surface area contributed by atoms with Crippen molar-refractivity contribution in [3.05, 3.63) is 30.3 Å². The van der Waals surface area contributed by atoms with E-state index in [1.807, 2.05) is 37.3 Å². The molecule has 1 spiro atoms. The zero-order valence-corrected chi connectivity index (χ0v) is 16.9. The summed E-state index contributed by atoms with van der Waals surface area (Å²) in [6.07, 6.45) is 1.10. The second-order valence-electron chi connectivity index (χ2n) is 7.56. The molecule has 28 heavy (non-hydrogen) atoms. The molecule has 8 heteroatoms. The number of rotatable bonds is 4. The maximum Gasteiger partial charge on any atom is 0.319 e. The van der Waals surface area contributed by atoms with Gasteiger partial charge in [0.2, 0.25) is 5.91 Å². The predicted molar refractivity (Wildman–Crippen MR) is 107 cm³/mol. The molecule has 2 aliphatic heterocycles. The zero-order valence-electron chi connectivity index (χ0n) is 16.9. The summed E-state index contributed by atoms with van der Waals surface area (Å²) in [5, 5.41) is 2.76. The molecular formula is C20H29N5O3. The quantitative estimate of drug-likeness (QED) is 0.835. The lowest BCUT2D eigenvalue weighted by Gasteiger charge is -2.43. The summed E-state index contributed by atoms with van der Waals surface area (Å²) in [6, 6.07) is 9.78. The second kappa shape index (κ2) is 8.08. The Balaban J connectivity index is 1.84. The maximum atomic E-state index is 13.4. The third-order valence-electron chi connectivity index (χ3n) is 5.53. The largest absolute Gasteiger partial charge is 0.355 e. The molecule has 1 aromatic rings. The minimum atomic E-state index is -0.711. The normalized spacial score (nSPS) is 18.5. The molecule has 0 bridgehead atoms. The highest BCUT2D eigenvalue weighted by Crippen LogP contribution is 2.39. The van der Waals surface area contributed by atoms with E-state index in [4.69, 9.17) is 0 Å². The van der Waals surface area contributed by atoms with Gasteiger partial charge in [0.25, 0.3) is 5.91 Å². The van der Waals surface area contributed by atoms with Crippen molar-refractivity contribution in [1.82, 2.24) is 20.0 Å². The van der Waals surface area contributed by atoms with Gasteiger partial charge >= 0.3 is 6.03 Å². The van der Waals surface area contributed by atoms with Crippen molar-refractivity contribution < 1.29 is 14.4 Å². The first-order valence-corrected chi connectivity index (χ1v) is 9.74. The van der Waals surface area contributed by atoms with E-state index in [0.29, 0.717) is 39.1 Å². The van der Waals surface area contributed by atoms with Gasteiger partial charge in [-0.1, -0.05) is 18.2 Å². The molecule has 0 unspecified atom stereocenters. The van der Waals surface area contributed by atoms with Gasteiger partial charge in [0.05, 0.1) is 6.67 Å². The fraction of sp³-hybridized carbons (Fsp3) is 0.550. The Morgan fingerprint density at radius 2 is 1.79 bits per heavy atom. The van der Waals surface area contributed by atoms with Crippen LogP contribution in [-0.2, 0) is 9.59 Å². The lowest BCUT2D eigenvalue weighted by molar-refractivity contribution is -0.137. The van der Waals surface area contributed by atoms with E-state index in [9.17, 15) is 14.4 Å². The van der Waals surface area contributed by atoms with Crippen LogP contribution in [0.15, 0.2) is 30.3 Å². The Morgan fingerprint density at radius 1 is 1.14 bits per heavy atom. The van der Waals surface area contributed by atoms with E-state index in [1.54, 1.807) is 28.8 Å². The van der Waals surface area contributed by atoms with Gasteiger partial charge in [0.15, 0.2) is 0 Å². The van der Waals surface area contributed by atoms with E-state index in [2.05, 4.69) is 10.2 Å². The van der Waals surface area contributed by atoms with Crippen LogP contribution >= 0.6 is 0 Å². The molecule has 2 saturated heterocycles. The number of carbonyl (C=O) groups excluding carboxylic acids is 3. The third-order valence-corrected chi connectivity index (χ3v) is 5.53. The van der Waals surface area contributed by atoms with Crippen LogP contribution in [0.5, 0.6) is 0 Å². The van der Waals surface area contributed by atoms with Crippen molar-refractivity contribution in [3.63, 3.8) is 0 Å². The molecule has 0 aliphatic carbocycles. The Labute approximate surface area is 166 Å². The van der Waals surface area contributed by atoms with E-state index in [0.717, 1.165) is 5.69 Å². The Morgan fingerprint density at radius 3 is 2.36 bits per heavy atom. The summed E-state index contributed by atoms with van der Waals surface area (Å²) in [5.41, 5.74) is 0.248. The van der Waals surface area contributed by atoms with E-state index >= 15 is 0 Å². The highest BCUT2D eigenvalue weighted by Gasteiger charge is 2.54. The standard InChI is InChI=1S/C20H29N5O3/c1-4-21-17(26)14-24-15-25(16-8-6-5-7-9-16)20(18(24)27)10-12-23(13-11-20)19(28)22(2)3/h5-9H,4,10-15H2,1-3H3,(H,21,26). The number of hydrogen-bond acceptors (Lipinski definition) is 4. The summed E-state index contributed by atoms with van der Waals surface area (Å²) in [7, 11) is 3.47. The van der Waals surface area contributed by atoms with E-state index < -0.39 is 5.54 Å². The van der Waals surface area contributed by atoms with Crippen molar-refractivity contribution in [1.29, 1.82) is 0 Å². The van der Waals surface area contributed by atoms with Crippen LogP contribution < -0.4 is 10.2 Å². The van der Waals surface area contributed by atoms with Gasteiger partial charge in [-0.25, -0.2) is 4.79 Å². The first kappa shape index (κ1) is 20.0. The molecule has 0 aromatic heterocycles. The maximum absolute atomic E-state index is 13.4. The van der Waals surface area contributed by atoms with Gasteiger partial charge in [-0.3, -0.25) is 9.59 Å². The molecule has 2 heterocycles. The fourth-order valence-corrected chi connectivity index (χ4v) is 4.10. The first-order chi connectivity index (χ1) is 13.4. The molecule has 0 saturated carbocycles. The van der Waals surface area contributed by atoms with Gasteiger partial charge in [0.1, 0.15) is 12.1 Å². The van der Waals surface area contributed by atoms with Gasteiger partial charge in [-0.05, 0) is 31.9 Å². The van der Waals surface area contributed by atoms with Gasteiger partial charge in [0, 0.05) is 39.4 Å². The third kappa shape index (κ3) is 3.63. The highest BCUT2D eigenvalue weighted by molar-refractivity contribution is 5.96. The lowest BCUT2D eigenvalue weighted by atomic mass is 9.85. The molecule has 0 atom stereocenters. The van der Waals surface area contributed by atoms with E-state index in [-0.39, 0.29) is 24.4 Å². The summed E-state index contributed by atoms with van der Waals surface area (Å²) in [6.45, 7) is 3.86. The zero-order chi connectivity index (χ0) is 20.3. The van der Waals surface area contributed by atoms with Crippen molar-refractivity contribution in [2.75, 3.05) is 51.8 Å². The van der Waals surface area contributed by atoms with Gasteiger partial charge < -0.3 is 24.9 Å². The lowest BCUT2D eigenvalue weighted by Crippen LogP contribution is -2.58. The van der Waals surface area contributed by atoms with Crippen LogP contribution in [0.1, 0.15) is 19.8 Å². The predicted octanol–water partition coefficient (Wildman–Crippen LogP) is 0.945. The molecule has 3 rings (SSSR count). The topological polar surface area (TPSA) is 76.2 Å². The summed E-state index contributed by atoms with van der Waals surface area (Å²) in [4.78, 5) is 44.9. The van der Waals surface area contributed by atoms with Gasteiger partial charge in [-0.15, -0.1) is 0 Å². The molecule has 1 aromatic carbocycles. The number of hydrogen-bond donors (Lipinski definition) is 1. The number of nitrogens with zero attached hydrogens (tertiary/aromatic N) is 4. The van der Waals surface area contributed by atoms with Crippen LogP contribution in [0.4, 0.5) is 10.5 Å². The number of urea groups is 1. The monoisotopic (exact) mass is 387 g/mol. The molecule has 4 amide bonds. The van der Waals surface area contributed by atoms with Crippen molar-refractivity contribution in [2.45, 2.75) is 25.3 Å². The number of carbonyl (C=O) groups is 3. The van der Waals surface area contributed by atoms with Crippen LogP contribution in [0.25, 0.3) is 0 Å². The Hall–Kier alpha value is -2.77. The van der Waals surface area contributed by atoms with Gasteiger partial charge in [-0.2, -0.15) is 0 Å². The smallest absolute Gasteiger partial charge is 0.319 e. The van der Waals surface area contributed by atoms with Crippen LogP contribution in [0, 0.1) is 0 Å². The number of amides is 4. The van der Waals surface area contributed by atoms with Crippen molar-refractivity contribution in [3.8, 4) is 0 Å². The van der Waals surface area contributed by atoms with Crippen molar-refractivity contribution in [2.24, 2.45) is 0 Å². The number of para-hydroxylation sites is 1. The number of benzene rings is 1. The number of anilines is 1. The van der Waals surface area contributed by atoms with Crippen LogP contribution in [0.2, 0.25) is 0 Å². The average molecular weight is 387 g/mol. The molecular weight excluding hydrogens is 358 g/mol. The summed E-state index contributed by atoms with van der Waals surface area (Å²) >= 11 is 0. The second-order valence-corrected chi connectivity index (χ2v) is 7.56. The van der Waals surface area contributed by atoms with Crippen LogP contribution in [0.3, 0.4) is 0 Å². The number of likely N-dealkylation sites (tertiary alicyclic amines) is 1. The number of piperidine rings is 1. The van der Waals surface area contributed by atoms with Crippen molar-refractivity contribution >= 4 is 23.5 Å². The molecule has 0 radical (unpaired) electrons.